The minimum absolute atomic E-state index is 0.0570. The summed E-state index contributed by atoms with van der Waals surface area (Å²) in [5.41, 5.74) is 0. The summed E-state index contributed by atoms with van der Waals surface area (Å²) in [7, 11) is 2.80. The van der Waals surface area contributed by atoms with Gasteiger partial charge in [-0.25, -0.2) is 0 Å². The Morgan fingerprint density at radius 2 is 1.19 bits per heavy atom. The first-order chi connectivity index (χ1) is 7.52. The zero-order chi connectivity index (χ0) is 12.6. The number of methoxy groups -OCH3 is 2. The predicted molar refractivity (Wildman–Crippen MR) is 60.8 cm³/mol. The van der Waals surface area contributed by atoms with Gasteiger partial charge < -0.3 is 9.47 Å². The number of hydrogen-bond acceptors (Lipinski definition) is 4. The molecule has 2 atom stereocenters. The standard InChI is InChI=1S/C12H22O4/c1-9(11(13)15-3)7-5-6-8-10(2)12(14)16-4/h9-10H,5-8H2,1-4H3. The van der Waals surface area contributed by atoms with Gasteiger partial charge in [0.1, 0.15) is 0 Å². The fraction of sp³-hybridized carbons (Fsp3) is 0.833. The van der Waals surface area contributed by atoms with Gasteiger partial charge in [-0.2, -0.15) is 0 Å². The van der Waals surface area contributed by atoms with E-state index in [4.69, 9.17) is 0 Å². The second kappa shape index (κ2) is 8.13. The number of esters is 2. The Balaban J connectivity index is 3.60. The average Bonchev–Trinajstić information content (AvgIpc) is 2.31. The van der Waals surface area contributed by atoms with E-state index in [1.165, 1.54) is 14.2 Å². The SMILES string of the molecule is COC(=O)C(C)CCCCC(C)C(=O)OC. The van der Waals surface area contributed by atoms with Gasteiger partial charge in [0, 0.05) is 0 Å². The molecule has 0 aromatic carbocycles. The lowest BCUT2D eigenvalue weighted by Gasteiger charge is -2.10. The van der Waals surface area contributed by atoms with Crippen LogP contribution in [0.1, 0.15) is 39.5 Å². The first kappa shape index (κ1) is 14.9. The number of hydrogen-bond donors (Lipinski definition) is 0. The molecule has 0 saturated carbocycles. The van der Waals surface area contributed by atoms with Crippen LogP contribution in [-0.2, 0) is 19.1 Å². The fourth-order valence-electron chi connectivity index (χ4n) is 1.54. The van der Waals surface area contributed by atoms with Crippen molar-refractivity contribution in [1.82, 2.24) is 0 Å². The van der Waals surface area contributed by atoms with Gasteiger partial charge in [0.2, 0.25) is 0 Å². The summed E-state index contributed by atoms with van der Waals surface area (Å²) >= 11 is 0. The Kier molecular flexibility index (Phi) is 7.60. The molecule has 0 amide bonds. The summed E-state index contributed by atoms with van der Waals surface area (Å²) in [6, 6.07) is 0. The van der Waals surface area contributed by atoms with Crippen molar-refractivity contribution in [2.45, 2.75) is 39.5 Å². The maximum Gasteiger partial charge on any atom is 0.308 e. The van der Waals surface area contributed by atoms with Crippen LogP contribution in [0.5, 0.6) is 0 Å². The maximum absolute atomic E-state index is 11.1. The van der Waals surface area contributed by atoms with Crippen molar-refractivity contribution < 1.29 is 19.1 Å². The van der Waals surface area contributed by atoms with Crippen molar-refractivity contribution in [3.63, 3.8) is 0 Å². The second-order valence-corrected chi connectivity index (χ2v) is 4.13. The highest BCUT2D eigenvalue weighted by Gasteiger charge is 2.14. The molecule has 0 saturated heterocycles. The van der Waals surface area contributed by atoms with Crippen LogP contribution in [0, 0.1) is 11.8 Å². The monoisotopic (exact) mass is 230 g/mol. The van der Waals surface area contributed by atoms with Crippen LogP contribution < -0.4 is 0 Å². The smallest absolute Gasteiger partial charge is 0.308 e. The van der Waals surface area contributed by atoms with Crippen LogP contribution in [0.25, 0.3) is 0 Å². The van der Waals surface area contributed by atoms with E-state index in [-0.39, 0.29) is 23.8 Å². The first-order valence-electron chi connectivity index (χ1n) is 5.68. The summed E-state index contributed by atoms with van der Waals surface area (Å²) in [6.07, 6.45) is 3.47. The molecule has 0 bridgehead atoms. The summed E-state index contributed by atoms with van der Waals surface area (Å²) in [6.45, 7) is 3.71. The van der Waals surface area contributed by atoms with Gasteiger partial charge in [-0.15, -0.1) is 0 Å². The van der Waals surface area contributed by atoms with Crippen LogP contribution in [0.3, 0.4) is 0 Å². The molecule has 94 valence electrons. The highest BCUT2D eigenvalue weighted by atomic mass is 16.5. The largest absolute Gasteiger partial charge is 0.469 e. The van der Waals surface area contributed by atoms with E-state index in [1.54, 1.807) is 0 Å². The summed E-state index contributed by atoms with van der Waals surface area (Å²) in [5.74, 6) is -0.445. The molecule has 0 fully saturated rings. The number of carbonyl (C=O) groups excluding carboxylic acids is 2. The number of rotatable bonds is 7. The quantitative estimate of drug-likeness (QED) is 0.497. The van der Waals surface area contributed by atoms with E-state index in [0.29, 0.717) is 0 Å². The van der Waals surface area contributed by atoms with Gasteiger partial charge >= 0.3 is 11.9 Å². The van der Waals surface area contributed by atoms with Crippen LogP contribution in [0.4, 0.5) is 0 Å². The van der Waals surface area contributed by atoms with E-state index in [0.717, 1.165) is 25.7 Å². The second-order valence-electron chi connectivity index (χ2n) is 4.13. The average molecular weight is 230 g/mol. The summed E-state index contributed by atoms with van der Waals surface area (Å²) in [5, 5.41) is 0. The van der Waals surface area contributed by atoms with E-state index < -0.39 is 0 Å². The molecule has 0 N–H and O–H groups in total. The molecule has 0 heterocycles. The molecule has 4 nitrogen and oxygen atoms in total. The minimum Gasteiger partial charge on any atom is -0.469 e. The number of ether oxygens (including phenoxy) is 2. The molecule has 0 aromatic heterocycles. The topological polar surface area (TPSA) is 52.6 Å². The van der Waals surface area contributed by atoms with Crippen molar-refractivity contribution in [3.05, 3.63) is 0 Å². The molecule has 0 aliphatic rings. The maximum atomic E-state index is 11.1. The first-order valence-corrected chi connectivity index (χ1v) is 5.68. The molecular formula is C12H22O4. The highest BCUT2D eigenvalue weighted by Crippen LogP contribution is 2.14. The van der Waals surface area contributed by atoms with Crippen molar-refractivity contribution >= 4 is 11.9 Å². The number of carbonyl (C=O) groups is 2. The third kappa shape index (κ3) is 5.73. The van der Waals surface area contributed by atoms with Gasteiger partial charge in [-0.05, 0) is 12.8 Å². The molecular weight excluding hydrogens is 208 g/mol. The van der Waals surface area contributed by atoms with Crippen molar-refractivity contribution in [1.29, 1.82) is 0 Å². The van der Waals surface area contributed by atoms with E-state index in [1.807, 2.05) is 13.8 Å². The Hall–Kier alpha value is -1.06. The Morgan fingerprint density at radius 1 is 0.875 bits per heavy atom. The third-order valence-corrected chi connectivity index (χ3v) is 2.73. The van der Waals surface area contributed by atoms with E-state index in [9.17, 15) is 9.59 Å². The molecule has 0 aliphatic carbocycles. The van der Waals surface area contributed by atoms with E-state index >= 15 is 0 Å². The molecule has 2 unspecified atom stereocenters. The lowest BCUT2D eigenvalue weighted by Crippen LogP contribution is -2.14. The molecule has 0 aromatic rings. The fourth-order valence-corrected chi connectivity index (χ4v) is 1.54. The zero-order valence-corrected chi connectivity index (χ0v) is 10.6. The van der Waals surface area contributed by atoms with Crippen LogP contribution in [0.15, 0.2) is 0 Å². The van der Waals surface area contributed by atoms with Gasteiger partial charge in [-0.1, -0.05) is 26.7 Å². The van der Waals surface area contributed by atoms with E-state index in [2.05, 4.69) is 9.47 Å². The molecule has 4 heteroatoms. The van der Waals surface area contributed by atoms with Gasteiger partial charge in [-0.3, -0.25) is 9.59 Å². The Bertz CT molecular complexity index is 201. The lowest BCUT2D eigenvalue weighted by molar-refractivity contribution is -0.146. The van der Waals surface area contributed by atoms with Crippen LogP contribution >= 0.6 is 0 Å². The molecule has 0 spiro atoms. The zero-order valence-electron chi connectivity index (χ0n) is 10.6. The van der Waals surface area contributed by atoms with Crippen LogP contribution in [0.2, 0.25) is 0 Å². The van der Waals surface area contributed by atoms with Crippen molar-refractivity contribution in [2.75, 3.05) is 14.2 Å². The molecule has 0 aliphatic heterocycles. The predicted octanol–water partition coefficient (Wildman–Crippen LogP) is 2.17. The number of unbranched alkanes of at least 4 members (excludes halogenated alkanes) is 1. The van der Waals surface area contributed by atoms with Gasteiger partial charge in [0.15, 0.2) is 0 Å². The highest BCUT2D eigenvalue weighted by molar-refractivity contribution is 5.72. The Morgan fingerprint density at radius 3 is 1.44 bits per heavy atom. The van der Waals surface area contributed by atoms with Gasteiger partial charge in [0.05, 0.1) is 26.1 Å². The Labute approximate surface area is 97.3 Å². The molecule has 0 radical (unpaired) electrons. The lowest BCUT2D eigenvalue weighted by atomic mass is 9.99. The minimum atomic E-state index is -0.166. The van der Waals surface area contributed by atoms with Crippen molar-refractivity contribution in [2.24, 2.45) is 11.8 Å². The third-order valence-electron chi connectivity index (χ3n) is 2.73. The van der Waals surface area contributed by atoms with Crippen LogP contribution in [-0.4, -0.2) is 26.2 Å². The molecule has 16 heavy (non-hydrogen) atoms. The summed E-state index contributed by atoms with van der Waals surface area (Å²) in [4.78, 5) is 22.2. The van der Waals surface area contributed by atoms with Crippen molar-refractivity contribution in [3.8, 4) is 0 Å². The normalized spacial score (nSPS) is 14.0. The summed E-state index contributed by atoms with van der Waals surface area (Å²) < 4.78 is 9.27. The molecule has 0 rings (SSSR count). The van der Waals surface area contributed by atoms with Gasteiger partial charge in [0.25, 0.3) is 0 Å².